The van der Waals surface area contributed by atoms with E-state index in [2.05, 4.69) is 90.1 Å². The maximum atomic E-state index is 4.93. The second-order valence-corrected chi connectivity index (χ2v) is 11.8. The summed E-state index contributed by atoms with van der Waals surface area (Å²) >= 11 is -0.826. The minimum absolute atomic E-state index is 0.124. The molecule has 3 heteroatoms. The summed E-state index contributed by atoms with van der Waals surface area (Å²) in [5.41, 5.74) is 7.15. The molecule has 0 radical (unpaired) electrons. The van der Waals surface area contributed by atoms with Gasteiger partial charge in [0.05, 0.1) is 0 Å². The Hall–Kier alpha value is -0.487. The van der Waals surface area contributed by atoms with Gasteiger partial charge in [0, 0.05) is 0 Å². The number of aryl methyl sites for hydroxylation is 1. The van der Waals surface area contributed by atoms with Crippen molar-refractivity contribution in [3.63, 3.8) is 0 Å². The van der Waals surface area contributed by atoms with Gasteiger partial charge in [0.1, 0.15) is 0 Å². The van der Waals surface area contributed by atoms with E-state index in [1.54, 1.807) is 0 Å². The molecule has 0 saturated carbocycles. The fourth-order valence-electron chi connectivity index (χ4n) is 3.57. The molecule has 26 heavy (non-hydrogen) atoms. The first-order chi connectivity index (χ1) is 12.2. The fraction of sp³-hybridized carbons (Fsp3) is 0.348. The standard InChI is InChI=1S/C23H27.2ClH.Zr/c1-15(2)18-9-7-8-10-19(18)22-20-14-16(3)13-17(20)11-12-21(22)23(4,5)6;;;/h7-15H,1-6H3;2*1H;/q-1;;;+2/p-2. The van der Waals surface area contributed by atoms with Gasteiger partial charge in [-0.05, 0) is 22.5 Å². The van der Waals surface area contributed by atoms with Gasteiger partial charge < -0.3 is 0 Å². The van der Waals surface area contributed by atoms with E-state index in [1.165, 1.54) is 38.6 Å². The van der Waals surface area contributed by atoms with Crippen LogP contribution < -0.4 is 0 Å². The fourth-order valence-corrected chi connectivity index (χ4v) is 3.57. The summed E-state index contributed by atoms with van der Waals surface area (Å²) in [4.78, 5) is 0. The molecule has 0 aliphatic carbocycles. The molecular formula is C23H27Cl2Zr-. The van der Waals surface area contributed by atoms with Gasteiger partial charge in [-0.15, -0.1) is 34.5 Å². The van der Waals surface area contributed by atoms with E-state index in [-0.39, 0.29) is 5.41 Å². The number of hydrogen-bond donors (Lipinski definition) is 0. The zero-order valence-corrected chi connectivity index (χ0v) is 20.4. The van der Waals surface area contributed by atoms with Crippen molar-refractivity contribution in [3.05, 3.63) is 65.2 Å². The third-order valence-electron chi connectivity index (χ3n) is 4.69. The molecule has 0 bridgehead atoms. The van der Waals surface area contributed by atoms with E-state index in [4.69, 9.17) is 17.0 Å². The molecule has 0 fully saturated rings. The molecule has 138 valence electrons. The van der Waals surface area contributed by atoms with Gasteiger partial charge in [0.2, 0.25) is 0 Å². The number of halogens is 2. The Morgan fingerprint density at radius 3 is 2.19 bits per heavy atom. The number of benzene rings is 2. The molecule has 3 aromatic rings. The van der Waals surface area contributed by atoms with E-state index >= 15 is 0 Å². The summed E-state index contributed by atoms with van der Waals surface area (Å²) in [7, 11) is 9.87. The molecule has 0 atom stereocenters. The topological polar surface area (TPSA) is 0 Å². The van der Waals surface area contributed by atoms with E-state index in [9.17, 15) is 0 Å². The molecule has 0 spiro atoms. The third-order valence-corrected chi connectivity index (χ3v) is 4.69. The summed E-state index contributed by atoms with van der Waals surface area (Å²) in [6, 6.07) is 18.1. The van der Waals surface area contributed by atoms with Gasteiger partial charge >= 0.3 is 37.9 Å². The molecule has 0 saturated heterocycles. The van der Waals surface area contributed by atoms with Crippen LogP contribution in [0, 0.1) is 6.92 Å². The molecule has 0 unspecified atom stereocenters. The minimum atomic E-state index is -0.826. The molecule has 3 aromatic carbocycles. The zero-order chi connectivity index (χ0) is 19.5. The van der Waals surface area contributed by atoms with Crippen molar-refractivity contribution in [2.45, 2.75) is 52.9 Å². The van der Waals surface area contributed by atoms with Gasteiger partial charge in [0.25, 0.3) is 0 Å². The number of rotatable bonds is 2. The van der Waals surface area contributed by atoms with Crippen LogP contribution in [0.2, 0.25) is 0 Å². The Kier molecular flexibility index (Phi) is 7.66. The zero-order valence-electron chi connectivity index (χ0n) is 16.5. The van der Waals surface area contributed by atoms with Crippen molar-refractivity contribution in [1.29, 1.82) is 0 Å². The monoisotopic (exact) mass is 463 g/mol. The van der Waals surface area contributed by atoms with Crippen molar-refractivity contribution >= 4 is 27.8 Å². The Morgan fingerprint density at radius 1 is 1.00 bits per heavy atom. The van der Waals surface area contributed by atoms with Gasteiger partial charge in [0.15, 0.2) is 0 Å². The van der Waals surface area contributed by atoms with Crippen molar-refractivity contribution in [2.24, 2.45) is 0 Å². The van der Waals surface area contributed by atoms with Crippen LogP contribution in [0.3, 0.4) is 0 Å². The van der Waals surface area contributed by atoms with E-state index < -0.39 is 20.8 Å². The summed E-state index contributed by atoms with van der Waals surface area (Å²) < 4.78 is 0. The molecule has 0 aromatic heterocycles. The first-order valence-electron chi connectivity index (χ1n) is 8.96. The average Bonchev–Trinajstić information content (AvgIpc) is 2.94. The summed E-state index contributed by atoms with van der Waals surface area (Å²) in [6.07, 6.45) is 0. The molecule has 0 N–H and O–H groups in total. The van der Waals surface area contributed by atoms with Crippen LogP contribution in [-0.2, 0) is 26.3 Å². The van der Waals surface area contributed by atoms with Crippen molar-refractivity contribution in [1.82, 2.24) is 0 Å². The van der Waals surface area contributed by atoms with Crippen LogP contribution in [0.15, 0.2) is 48.5 Å². The maximum absolute atomic E-state index is 4.93. The molecular weight excluding hydrogens is 438 g/mol. The van der Waals surface area contributed by atoms with Gasteiger partial charge in [-0.2, -0.15) is 6.07 Å². The summed E-state index contributed by atoms with van der Waals surface area (Å²) in [5.74, 6) is 0.519. The Labute approximate surface area is 176 Å². The van der Waals surface area contributed by atoms with Crippen molar-refractivity contribution < 1.29 is 20.8 Å². The van der Waals surface area contributed by atoms with Crippen molar-refractivity contribution in [2.75, 3.05) is 0 Å². The Balaban J connectivity index is 0.000000758. The summed E-state index contributed by atoms with van der Waals surface area (Å²) in [5, 5.41) is 2.74. The predicted octanol–water partition coefficient (Wildman–Crippen LogP) is 8.33. The van der Waals surface area contributed by atoms with E-state index in [1.807, 2.05) is 0 Å². The van der Waals surface area contributed by atoms with E-state index in [0.717, 1.165) is 0 Å². The molecule has 0 nitrogen and oxygen atoms in total. The normalized spacial score (nSPS) is 11.4. The Morgan fingerprint density at radius 2 is 1.62 bits per heavy atom. The third kappa shape index (κ3) is 4.86. The second kappa shape index (κ2) is 9.14. The van der Waals surface area contributed by atoms with Crippen LogP contribution >= 0.6 is 17.0 Å². The van der Waals surface area contributed by atoms with Crippen LogP contribution in [0.5, 0.6) is 0 Å². The molecule has 0 aliphatic heterocycles. The molecule has 0 aliphatic rings. The quantitative estimate of drug-likeness (QED) is 0.334. The molecule has 0 heterocycles. The summed E-state index contributed by atoms with van der Waals surface area (Å²) in [6.45, 7) is 13.7. The van der Waals surface area contributed by atoms with Gasteiger partial charge in [-0.25, -0.2) is 0 Å². The SMILES string of the molecule is Cc1cc2c(-c3ccccc3C(C)C)c(C(C)(C)C)ccc2[cH-]1.[Cl][Zr][Cl]. The second-order valence-electron chi connectivity index (χ2n) is 8.09. The van der Waals surface area contributed by atoms with Crippen LogP contribution in [0.25, 0.3) is 21.9 Å². The van der Waals surface area contributed by atoms with Crippen LogP contribution in [-0.4, -0.2) is 0 Å². The molecule has 0 amide bonds. The number of hydrogen-bond acceptors (Lipinski definition) is 0. The first kappa shape index (κ1) is 21.8. The van der Waals surface area contributed by atoms with Crippen LogP contribution in [0.4, 0.5) is 0 Å². The van der Waals surface area contributed by atoms with E-state index in [0.29, 0.717) is 5.92 Å². The number of fused-ring (bicyclic) bond motifs is 1. The Bertz CT molecular complexity index is 870. The molecule has 3 rings (SSSR count). The van der Waals surface area contributed by atoms with Crippen LogP contribution in [0.1, 0.15) is 57.2 Å². The van der Waals surface area contributed by atoms with Gasteiger partial charge in [-0.3, -0.25) is 0 Å². The van der Waals surface area contributed by atoms with Crippen molar-refractivity contribution in [3.8, 4) is 11.1 Å². The predicted molar refractivity (Wildman–Crippen MR) is 114 cm³/mol. The van der Waals surface area contributed by atoms with Gasteiger partial charge in [-0.1, -0.05) is 76.9 Å². The average molecular weight is 466 g/mol. The first-order valence-corrected chi connectivity index (χ1v) is 15.3.